The van der Waals surface area contributed by atoms with Gasteiger partial charge in [0.2, 0.25) is 0 Å². The first-order chi connectivity index (χ1) is 14.2. The molecule has 0 saturated heterocycles. The zero-order chi connectivity index (χ0) is 20.5. The molecule has 0 aliphatic rings. The Balaban J connectivity index is 1.44. The van der Waals surface area contributed by atoms with E-state index < -0.39 is 0 Å². The number of nitrogens with zero attached hydrogens (tertiary/aromatic N) is 1. The van der Waals surface area contributed by atoms with E-state index in [1.807, 2.05) is 41.1 Å². The maximum Gasteiger partial charge on any atom is 0.269 e. The molecule has 29 heavy (non-hydrogen) atoms. The van der Waals surface area contributed by atoms with Crippen molar-refractivity contribution in [1.82, 2.24) is 15.4 Å². The number of unbranched alkanes of at least 4 members (excludes halogenated alkanes) is 3. The molecular weight excluding hydrogens is 366 g/mol. The fourth-order valence-corrected chi connectivity index (χ4v) is 3.09. The number of hydrazine groups is 1. The summed E-state index contributed by atoms with van der Waals surface area (Å²) in [5, 5.41) is 1.07. The molecule has 0 aliphatic heterocycles. The number of ether oxygens (including phenoxy) is 1. The fraction of sp³-hybridized carbons (Fsp3) is 0.304. The average molecular weight is 393 g/mol. The van der Waals surface area contributed by atoms with Gasteiger partial charge in [-0.2, -0.15) is 0 Å². The normalized spacial score (nSPS) is 10.7. The molecule has 1 heterocycles. The fourth-order valence-electron chi connectivity index (χ4n) is 3.09. The molecular formula is C23H27N3O3. The van der Waals surface area contributed by atoms with E-state index in [9.17, 15) is 9.59 Å². The van der Waals surface area contributed by atoms with Crippen molar-refractivity contribution in [2.45, 2.75) is 39.2 Å². The van der Waals surface area contributed by atoms with E-state index >= 15 is 0 Å². The summed E-state index contributed by atoms with van der Waals surface area (Å²) in [5.41, 5.74) is 6.34. The Hall–Kier alpha value is -3.28. The Morgan fingerprint density at radius 2 is 1.72 bits per heavy atom. The number of nitrogens with one attached hydrogen (secondary N) is 2. The van der Waals surface area contributed by atoms with Gasteiger partial charge in [0.15, 0.2) is 0 Å². The lowest BCUT2D eigenvalue weighted by atomic mass is 10.2. The number of benzene rings is 2. The highest BCUT2D eigenvalue weighted by atomic mass is 16.5. The molecule has 152 valence electrons. The molecule has 0 radical (unpaired) electrons. The number of aromatic nitrogens is 1. The zero-order valence-electron chi connectivity index (χ0n) is 16.7. The predicted molar refractivity (Wildman–Crippen MR) is 114 cm³/mol. The van der Waals surface area contributed by atoms with Crippen molar-refractivity contribution >= 4 is 22.7 Å². The van der Waals surface area contributed by atoms with E-state index in [1.54, 1.807) is 24.3 Å². The van der Waals surface area contributed by atoms with Gasteiger partial charge in [-0.3, -0.25) is 20.4 Å². The van der Waals surface area contributed by atoms with Gasteiger partial charge in [0, 0.05) is 17.3 Å². The smallest absolute Gasteiger partial charge is 0.269 e. The third-order valence-corrected chi connectivity index (χ3v) is 4.69. The monoisotopic (exact) mass is 393 g/mol. The summed E-state index contributed by atoms with van der Waals surface area (Å²) >= 11 is 0. The molecule has 2 amide bonds. The van der Waals surface area contributed by atoms with E-state index in [0.29, 0.717) is 12.2 Å². The number of carbonyl (C=O) groups excluding carboxylic acids is 2. The largest absolute Gasteiger partial charge is 0.494 e. The SMILES string of the molecule is CCCCCCOc1ccc(C(=O)NNC(=O)Cn2ccc3ccccc32)cc1. The Morgan fingerprint density at radius 1 is 0.931 bits per heavy atom. The summed E-state index contributed by atoms with van der Waals surface area (Å²) in [5.74, 6) is 0.0681. The number of amides is 2. The predicted octanol–water partition coefficient (Wildman–Crippen LogP) is 4.06. The Kier molecular flexibility index (Phi) is 7.28. The van der Waals surface area contributed by atoms with Crippen LogP contribution in [0.5, 0.6) is 5.75 Å². The molecule has 2 N–H and O–H groups in total. The molecule has 3 rings (SSSR count). The van der Waals surface area contributed by atoms with Crippen LogP contribution in [0.4, 0.5) is 0 Å². The van der Waals surface area contributed by atoms with E-state index in [-0.39, 0.29) is 18.4 Å². The van der Waals surface area contributed by atoms with Gasteiger partial charge in [0.25, 0.3) is 11.8 Å². The first-order valence-electron chi connectivity index (χ1n) is 10.0. The molecule has 3 aromatic rings. The summed E-state index contributed by atoms with van der Waals surface area (Å²) in [6.07, 6.45) is 6.46. The van der Waals surface area contributed by atoms with Crippen molar-refractivity contribution in [3.8, 4) is 5.75 Å². The summed E-state index contributed by atoms with van der Waals surface area (Å²) in [6.45, 7) is 2.98. The second-order valence-electron chi connectivity index (χ2n) is 6.94. The topological polar surface area (TPSA) is 72.4 Å². The van der Waals surface area contributed by atoms with Crippen LogP contribution in [0.15, 0.2) is 60.8 Å². The molecule has 1 aromatic heterocycles. The van der Waals surface area contributed by atoms with Gasteiger partial charge in [-0.05, 0) is 48.2 Å². The first kappa shape index (κ1) is 20.5. The quantitative estimate of drug-likeness (QED) is 0.425. The van der Waals surface area contributed by atoms with E-state index in [4.69, 9.17) is 4.74 Å². The summed E-state index contributed by atoms with van der Waals surface area (Å²) in [6, 6.07) is 16.7. The van der Waals surface area contributed by atoms with Crippen LogP contribution in [0, 0.1) is 0 Å². The lowest BCUT2D eigenvalue weighted by Gasteiger charge is -2.10. The molecule has 0 unspecified atom stereocenters. The maximum absolute atomic E-state index is 12.2. The van der Waals surface area contributed by atoms with Gasteiger partial charge in [-0.1, -0.05) is 44.4 Å². The van der Waals surface area contributed by atoms with Crippen LogP contribution in [0.2, 0.25) is 0 Å². The number of hydrogen-bond acceptors (Lipinski definition) is 3. The molecule has 0 spiro atoms. The minimum atomic E-state index is -0.370. The number of para-hydroxylation sites is 1. The van der Waals surface area contributed by atoms with Crippen LogP contribution in [-0.4, -0.2) is 23.0 Å². The number of rotatable bonds is 9. The van der Waals surface area contributed by atoms with E-state index in [2.05, 4.69) is 17.8 Å². The van der Waals surface area contributed by atoms with Gasteiger partial charge in [-0.15, -0.1) is 0 Å². The van der Waals surface area contributed by atoms with Gasteiger partial charge >= 0.3 is 0 Å². The molecule has 0 bridgehead atoms. The van der Waals surface area contributed by atoms with Gasteiger partial charge in [0.05, 0.1) is 6.61 Å². The highest BCUT2D eigenvalue weighted by Crippen LogP contribution is 2.15. The van der Waals surface area contributed by atoms with Crippen LogP contribution >= 0.6 is 0 Å². The van der Waals surface area contributed by atoms with Crippen LogP contribution < -0.4 is 15.6 Å². The summed E-state index contributed by atoms with van der Waals surface area (Å²) in [7, 11) is 0. The first-order valence-corrected chi connectivity index (χ1v) is 10.0. The van der Waals surface area contributed by atoms with Crippen LogP contribution in [0.3, 0.4) is 0 Å². The lowest BCUT2D eigenvalue weighted by Crippen LogP contribution is -2.43. The van der Waals surface area contributed by atoms with Crippen LogP contribution in [0.25, 0.3) is 10.9 Å². The number of carbonyl (C=O) groups is 2. The van der Waals surface area contributed by atoms with Crippen LogP contribution in [0.1, 0.15) is 43.0 Å². The molecule has 0 aliphatic carbocycles. The van der Waals surface area contributed by atoms with Crippen molar-refractivity contribution < 1.29 is 14.3 Å². The van der Waals surface area contributed by atoms with Crippen molar-refractivity contribution in [2.24, 2.45) is 0 Å². The molecule has 6 heteroatoms. The van der Waals surface area contributed by atoms with Crippen molar-refractivity contribution in [1.29, 1.82) is 0 Å². The lowest BCUT2D eigenvalue weighted by molar-refractivity contribution is -0.122. The third-order valence-electron chi connectivity index (χ3n) is 4.69. The van der Waals surface area contributed by atoms with Crippen LogP contribution in [-0.2, 0) is 11.3 Å². The van der Waals surface area contributed by atoms with Crippen molar-refractivity contribution in [2.75, 3.05) is 6.61 Å². The summed E-state index contributed by atoms with van der Waals surface area (Å²) < 4.78 is 7.51. The number of fused-ring (bicyclic) bond motifs is 1. The van der Waals surface area contributed by atoms with Gasteiger partial charge in [-0.25, -0.2) is 0 Å². The molecule has 6 nitrogen and oxygen atoms in total. The number of hydrogen-bond donors (Lipinski definition) is 2. The van der Waals surface area contributed by atoms with Gasteiger partial charge in [0.1, 0.15) is 12.3 Å². The standard InChI is InChI=1S/C23H27N3O3/c1-2-3-4-7-16-29-20-12-10-19(11-13-20)23(28)25-24-22(27)17-26-15-14-18-8-5-6-9-21(18)26/h5-6,8-15H,2-4,7,16-17H2,1H3,(H,24,27)(H,25,28). The molecule has 2 aromatic carbocycles. The molecule has 0 atom stereocenters. The minimum absolute atomic E-state index is 0.124. The van der Waals surface area contributed by atoms with Crippen molar-refractivity contribution in [3.05, 3.63) is 66.4 Å². The van der Waals surface area contributed by atoms with E-state index in [0.717, 1.165) is 29.5 Å². The highest BCUT2D eigenvalue weighted by Gasteiger charge is 2.09. The van der Waals surface area contributed by atoms with E-state index in [1.165, 1.54) is 12.8 Å². The summed E-state index contributed by atoms with van der Waals surface area (Å²) in [4.78, 5) is 24.4. The Bertz CT molecular complexity index is 947. The average Bonchev–Trinajstić information content (AvgIpc) is 3.15. The zero-order valence-corrected chi connectivity index (χ0v) is 16.7. The second-order valence-corrected chi connectivity index (χ2v) is 6.94. The maximum atomic E-state index is 12.2. The van der Waals surface area contributed by atoms with Gasteiger partial charge < -0.3 is 9.30 Å². The minimum Gasteiger partial charge on any atom is -0.494 e. The van der Waals surface area contributed by atoms with Crippen molar-refractivity contribution in [3.63, 3.8) is 0 Å². The second kappa shape index (κ2) is 10.3. The molecule has 0 fully saturated rings. The molecule has 0 saturated carbocycles. The highest BCUT2D eigenvalue weighted by molar-refractivity contribution is 5.95. The Morgan fingerprint density at radius 3 is 2.52 bits per heavy atom. The third kappa shape index (κ3) is 5.85. The Labute approximate surface area is 170 Å².